The third-order valence-corrected chi connectivity index (χ3v) is 10.9. The molecule has 1 unspecified atom stereocenters. The molecule has 1 N–H and O–H groups in total. The number of sulfonamides is 1. The zero-order chi connectivity index (χ0) is 33.4. The molecule has 4 aromatic rings. The Labute approximate surface area is 279 Å². The number of hydrogen-bond acceptors (Lipinski definition) is 4. The van der Waals surface area contributed by atoms with Gasteiger partial charge in [-0.05, 0) is 80.1 Å². The van der Waals surface area contributed by atoms with Crippen molar-refractivity contribution in [3.05, 3.63) is 131 Å². The smallest absolute Gasteiger partial charge is 0.264 e. The fourth-order valence-electron chi connectivity index (χ4n) is 6.12. The quantitative estimate of drug-likeness (QED) is 0.181. The Balaban J connectivity index is 1.56. The minimum atomic E-state index is -4.13. The Hall–Kier alpha value is -4.43. The first-order valence-electron chi connectivity index (χ1n) is 16.5. The predicted molar refractivity (Wildman–Crippen MR) is 188 cm³/mol. The van der Waals surface area contributed by atoms with Gasteiger partial charge in [0, 0.05) is 19.0 Å². The van der Waals surface area contributed by atoms with E-state index in [0.29, 0.717) is 12.1 Å². The van der Waals surface area contributed by atoms with Crippen LogP contribution in [0.4, 0.5) is 5.69 Å². The van der Waals surface area contributed by atoms with E-state index >= 15 is 0 Å². The zero-order valence-electron chi connectivity index (χ0n) is 27.6. The second-order valence-corrected chi connectivity index (χ2v) is 14.5. The van der Waals surface area contributed by atoms with Crippen LogP contribution >= 0.6 is 0 Å². The maximum absolute atomic E-state index is 14.7. The maximum atomic E-state index is 14.7. The molecule has 0 aliphatic heterocycles. The molecule has 0 radical (unpaired) electrons. The summed E-state index contributed by atoms with van der Waals surface area (Å²) in [6, 6.07) is 30.3. The Morgan fingerprint density at radius 2 is 1.40 bits per heavy atom. The van der Waals surface area contributed by atoms with Crippen molar-refractivity contribution in [2.45, 2.75) is 82.8 Å². The van der Waals surface area contributed by atoms with E-state index in [9.17, 15) is 18.0 Å². The molecule has 246 valence electrons. The Kier molecular flexibility index (Phi) is 11.1. The van der Waals surface area contributed by atoms with Gasteiger partial charge >= 0.3 is 0 Å². The second-order valence-electron chi connectivity index (χ2n) is 12.6. The van der Waals surface area contributed by atoms with Gasteiger partial charge in [-0.2, -0.15) is 0 Å². The summed E-state index contributed by atoms with van der Waals surface area (Å²) < 4.78 is 29.6. The molecule has 1 aliphatic rings. The SMILES string of the molecule is Cc1ccc(CN(C(=O)CN(c2ccc(C)c(C)c2)S(=O)(=O)c2ccccc2)C(Cc2ccccc2)C(=O)NC2CCCCC2)cc1. The fraction of sp³-hybridized carbons (Fsp3) is 0.333. The number of hydrogen-bond donors (Lipinski definition) is 1. The van der Waals surface area contributed by atoms with E-state index in [0.717, 1.165) is 59.9 Å². The first kappa shape index (κ1) is 33.9. The number of benzene rings is 4. The predicted octanol–water partition coefficient (Wildman–Crippen LogP) is 6.90. The van der Waals surface area contributed by atoms with E-state index < -0.39 is 28.5 Å². The summed E-state index contributed by atoms with van der Waals surface area (Å²) in [6.45, 7) is 5.57. The number of rotatable bonds is 12. The monoisotopic (exact) mass is 651 g/mol. The van der Waals surface area contributed by atoms with Crippen LogP contribution in [0.1, 0.15) is 59.9 Å². The highest BCUT2D eigenvalue weighted by Gasteiger charge is 2.35. The lowest BCUT2D eigenvalue weighted by atomic mass is 9.94. The number of carbonyl (C=O) groups is 2. The topological polar surface area (TPSA) is 86.8 Å². The summed E-state index contributed by atoms with van der Waals surface area (Å²) in [5.41, 5.74) is 5.18. The minimum Gasteiger partial charge on any atom is -0.352 e. The largest absolute Gasteiger partial charge is 0.352 e. The Morgan fingerprint density at radius 1 is 0.766 bits per heavy atom. The van der Waals surface area contributed by atoms with E-state index in [4.69, 9.17) is 0 Å². The highest BCUT2D eigenvalue weighted by Crippen LogP contribution is 2.27. The summed E-state index contributed by atoms with van der Waals surface area (Å²) in [7, 11) is -4.13. The van der Waals surface area contributed by atoms with Crippen molar-refractivity contribution >= 4 is 27.5 Å². The van der Waals surface area contributed by atoms with Crippen LogP contribution in [0.5, 0.6) is 0 Å². The zero-order valence-corrected chi connectivity index (χ0v) is 28.4. The van der Waals surface area contributed by atoms with Crippen molar-refractivity contribution in [2.24, 2.45) is 0 Å². The molecule has 1 atom stereocenters. The number of nitrogens with zero attached hydrogens (tertiary/aromatic N) is 2. The molecule has 0 aromatic heterocycles. The van der Waals surface area contributed by atoms with E-state index in [2.05, 4.69) is 5.32 Å². The maximum Gasteiger partial charge on any atom is 0.264 e. The molecule has 7 nitrogen and oxygen atoms in total. The molecular weight excluding hydrogens is 607 g/mol. The van der Waals surface area contributed by atoms with Crippen LogP contribution in [0.3, 0.4) is 0 Å². The van der Waals surface area contributed by atoms with Gasteiger partial charge in [0.05, 0.1) is 10.6 Å². The average Bonchev–Trinajstić information content (AvgIpc) is 3.08. The summed E-state index contributed by atoms with van der Waals surface area (Å²) >= 11 is 0. The van der Waals surface area contributed by atoms with Crippen molar-refractivity contribution in [1.29, 1.82) is 0 Å². The fourth-order valence-corrected chi connectivity index (χ4v) is 7.54. The molecule has 0 spiro atoms. The molecule has 47 heavy (non-hydrogen) atoms. The molecule has 4 aromatic carbocycles. The first-order chi connectivity index (χ1) is 22.6. The van der Waals surface area contributed by atoms with Crippen LogP contribution in [-0.2, 0) is 32.6 Å². The summed E-state index contributed by atoms with van der Waals surface area (Å²) in [4.78, 5) is 30.6. The van der Waals surface area contributed by atoms with Crippen molar-refractivity contribution in [2.75, 3.05) is 10.8 Å². The van der Waals surface area contributed by atoms with Gasteiger partial charge in [0.2, 0.25) is 11.8 Å². The van der Waals surface area contributed by atoms with E-state index in [1.165, 1.54) is 16.4 Å². The van der Waals surface area contributed by atoms with Crippen molar-refractivity contribution in [3.8, 4) is 0 Å². The van der Waals surface area contributed by atoms with Crippen LogP contribution in [0.25, 0.3) is 0 Å². The third-order valence-electron chi connectivity index (χ3n) is 9.08. The normalized spacial score (nSPS) is 14.3. The molecule has 5 rings (SSSR count). The molecule has 0 bridgehead atoms. The van der Waals surface area contributed by atoms with Crippen molar-refractivity contribution < 1.29 is 18.0 Å². The molecule has 8 heteroatoms. The number of carbonyl (C=O) groups excluding carboxylic acids is 2. The molecule has 1 saturated carbocycles. The standard InChI is InChI=1S/C39H45N3O4S/c1-29-19-22-33(23-20-29)27-41(37(26-32-13-7-4-8-14-32)39(44)40-34-15-9-5-10-16-34)38(43)28-42(35-24-21-30(2)31(3)25-35)47(45,46)36-17-11-6-12-18-36/h4,6-8,11-14,17-25,34,37H,5,9-10,15-16,26-28H2,1-3H3,(H,40,44). The van der Waals surface area contributed by atoms with Crippen LogP contribution in [0, 0.1) is 20.8 Å². The van der Waals surface area contributed by atoms with Crippen molar-refractivity contribution in [1.82, 2.24) is 10.2 Å². The molecule has 2 amide bonds. The number of aryl methyl sites for hydroxylation is 3. The summed E-state index contributed by atoms with van der Waals surface area (Å²) in [6.07, 6.45) is 5.39. The van der Waals surface area contributed by atoms with Gasteiger partial charge in [-0.15, -0.1) is 0 Å². The molecule has 1 aliphatic carbocycles. The van der Waals surface area contributed by atoms with Gasteiger partial charge in [-0.25, -0.2) is 8.42 Å². The third kappa shape index (κ3) is 8.69. The summed E-state index contributed by atoms with van der Waals surface area (Å²) in [5.74, 6) is -0.673. The number of nitrogens with one attached hydrogen (secondary N) is 1. The van der Waals surface area contributed by atoms with Crippen molar-refractivity contribution in [3.63, 3.8) is 0 Å². The number of anilines is 1. The molecule has 0 saturated heterocycles. The van der Waals surface area contributed by atoms with E-state index in [1.54, 1.807) is 35.2 Å². The second kappa shape index (κ2) is 15.4. The molecule has 0 heterocycles. The Morgan fingerprint density at radius 3 is 2.04 bits per heavy atom. The lowest BCUT2D eigenvalue weighted by Gasteiger charge is -2.35. The highest BCUT2D eigenvalue weighted by atomic mass is 32.2. The number of amides is 2. The van der Waals surface area contributed by atoms with E-state index in [1.807, 2.05) is 81.4 Å². The van der Waals surface area contributed by atoms with Crippen LogP contribution in [0.2, 0.25) is 0 Å². The lowest BCUT2D eigenvalue weighted by Crippen LogP contribution is -2.55. The highest BCUT2D eigenvalue weighted by molar-refractivity contribution is 7.92. The minimum absolute atomic E-state index is 0.0522. The Bertz CT molecular complexity index is 1750. The van der Waals surface area contributed by atoms with Gasteiger partial charge in [0.1, 0.15) is 12.6 Å². The van der Waals surface area contributed by atoms with Crippen LogP contribution in [0.15, 0.2) is 108 Å². The van der Waals surface area contributed by atoms with Crippen LogP contribution in [-0.4, -0.2) is 43.8 Å². The molecule has 1 fully saturated rings. The van der Waals surface area contributed by atoms with Gasteiger partial charge in [0.15, 0.2) is 0 Å². The average molecular weight is 652 g/mol. The lowest BCUT2D eigenvalue weighted by molar-refractivity contribution is -0.140. The van der Waals surface area contributed by atoms with E-state index in [-0.39, 0.29) is 23.4 Å². The van der Waals surface area contributed by atoms with Gasteiger partial charge in [-0.1, -0.05) is 104 Å². The van der Waals surface area contributed by atoms with Gasteiger partial charge in [-0.3, -0.25) is 13.9 Å². The first-order valence-corrected chi connectivity index (χ1v) is 17.9. The molecular formula is C39H45N3O4S. The van der Waals surface area contributed by atoms with Gasteiger partial charge in [0.25, 0.3) is 10.0 Å². The van der Waals surface area contributed by atoms with Gasteiger partial charge < -0.3 is 10.2 Å². The van der Waals surface area contributed by atoms with Crippen LogP contribution < -0.4 is 9.62 Å². The summed E-state index contributed by atoms with van der Waals surface area (Å²) in [5, 5.41) is 3.26.